The highest BCUT2D eigenvalue weighted by molar-refractivity contribution is 5.32. The van der Waals surface area contributed by atoms with Crippen LogP contribution in [-0.4, -0.2) is 0 Å². The molecule has 158 valence electrons. The van der Waals surface area contributed by atoms with Gasteiger partial charge in [-0.15, -0.1) is 0 Å². The fraction of sp³-hybridized carbons (Fsp3) is 0.571. The molecule has 0 fully saturated rings. The summed E-state index contributed by atoms with van der Waals surface area (Å²) in [4.78, 5) is 0. The Morgan fingerprint density at radius 2 is 1.97 bits per heavy atom. The first-order chi connectivity index (χ1) is 13.7. The van der Waals surface area contributed by atoms with E-state index in [0.29, 0.717) is 11.0 Å². The highest BCUT2D eigenvalue weighted by Crippen LogP contribution is 2.50. The standard InChI is InChI=1S/C28H39F/c1-6-28(5,29)25-16-13-22(14-17-25)10-11-23-12-15-24-8-7-9-26(20-21(2)3)27(24,4)19-18-23/h6-8,13-17,21,23,26H,1,9-12,18-20H2,2-5H3. The minimum atomic E-state index is -1.45. The third-order valence-corrected chi connectivity index (χ3v) is 7.52. The number of hydrogen-bond acceptors (Lipinski definition) is 0. The van der Waals surface area contributed by atoms with Gasteiger partial charge >= 0.3 is 0 Å². The van der Waals surface area contributed by atoms with Crippen LogP contribution >= 0.6 is 0 Å². The van der Waals surface area contributed by atoms with Gasteiger partial charge in [-0.1, -0.05) is 75.9 Å². The number of allylic oxidation sites excluding steroid dienone is 5. The Morgan fingerprint density at radius 1 is 1.24 bits per heavy atom. The maximum atomic E-state index is 14.4. The average molecular weight is 395 g/mol. The van der Waals surface area contributed by atoms with Crippen molar-refractivity contribution in [3.63, 3.8) is 0 Å². The Hall–Kier alpha value is -1.63. The molecule has 2 aliphatic rings. The van der Waals surface area contributed by atoms with Crippen LogP contribution in [0.1, 0.15) is 77.3 Å². The fourth-order valence-electron chi connectivity index (χ4n) is 5.28. The van der Waals surface area contributed by atoms with E-state index < -0.39 is 5.67 Å². The van der Waals surface area contributed by atoms with Gasteiger partial charge in [0.15, 0.2) is 5.67 Å². The van der Waals surface area contributed by atoms with Crippen LogP contribution in [0.3, 0.4) is 0 Å². The van der Waals surface area contributed by atoms with Crippen LogP contribution in [0, 0.1) is 23.2 Å². The summed E-state index contributed by atoms with van der Waals surface area (Å²) in [6.45, 7) is 12.4. The molecule has 29 heavy (non-hydrogen) atoms. The van der Waals surface area contributed by atoms with Gasteiger partial charge in [0, 0.05) is 0 Å². The van der Waals surface area contributed by atoms with Crippen molar-refractivity contribution in [2.45, 2.75) is 78.3 Å². The summed E-state index contributed by atoms with van der Waals surface area (Å²) in [5, 5.41) is 0. The number of aryl methyl sites for hydroxylation is 1. The molecule has 0 nitrogen and oxygen atoms in total. The summed E-state index contributed by atoms with van der Waals surface area (Å²) in [6.07, 6.45) is 17.4. The lowest BCUT2D eigenvalue weighted by Crippen LogP contribution is -2.32. The molecular formula is C28H39F. The summed E-state index contributed by atoms with van der Waals surface area (Å²) in [5.74, 6) is 2.29. The first-order valence-electron chi connectivity index (χ1n) is 11.5. The highest BCUT2D eigenvalue weighted by Gasteiger charge is 2.39. The summed E-state index contributed by atoms with van der Waals surface area (Å²) in [5.41, 5.74) is 2.50. The van der Waals surface area contributed by atoms with Crippen molar-refractivity contribution >= 4 is 0 Å². The molecule has 1 aromatic rings. The SMILES string of the molecule is C=CC(C)(F)c1ccc(CCC2CC=C3C=CCC(CC(C)C)C3(C)CC2)cc1. The van der Waals surface area contributed by atoms with Gasteiger partial charge in [0.25, 0.3) is 0 Å². The van der Waals surface area contributed by atoms with E-state index in [1.165, 1.54) is 50.2 Å². The minimum Gasteiger partial charge on any atom is -0.234 e. The molecule has 1 aromatic carbocycles. The maximum absolute atomic E-state index is 14.4. The van der Waals surface area contributed by atoms with Gasteiger partial charge in [0.2, 0.25) is 0 Å². The summed E-state index contributed by atoms with van der Waals surface area (Å²) in [7, 11) is 0. The molecule has 2 aliphatic carbocycles. The molecule has 0 radical (unpaired) electrons. The number of hydrogen-bond donors (Lipinski definition) is 0. The van der Waals surface area contributed by atoms with Crippen LogP contribution in [0.2, 0.25) is 0 Å². The zero-order valence-corrected chi connectivity index (χ0v) is 18.9. The lowest BCUT2D eigenvalue weighted by Gasteiger charge is -2.42. The van der Waals surface area contributed by atoms with Gasteiger partial charge in [-0.2, -0.15) is 0 Å². The van der Waals surface area contributed by atoms with E-state index in [1.54, 1.807) is 12.5 Å². The predicted octanol–water partition coefficient (Wildman–Crippen LogP) is 8.34. The van der Waals surface area contributed by atoms with Crippen LogP contribution in [0.25, 0.3) is 0 Å². The summed E-state index contributed by atoms with van der Waals surface area (Å²) in [6, 6.07) is 8.02. The number of halogens is 1. The van der Waals surface area contributed by atoms with Crippen molar-refractivity contribution in [1.29, 1.82) is 0 Å². The van der Waals surface area contributed by atoms with Crippen LogP contribution in [0.4, 0.5) is 4.39 Å². The van der Waals surface area contributed by atoms with E-state index in [2.05, 4.69) is 57.7 Å². The lowest BCUT2D eigenvalue weighted by molar-refractivity contribution is 0.177. The molecule has 0 aliphatic heterocycles. The molecule has 0 bridgehead atoms. The molecular weight excluding hydrogens is 355 g/mol. The number of rotatable bonds is 7. The largest absolute Gasteiger partial charge is 0.234 e. The third kappa shape index (κ3) is 5.11. The highest BCUT2D eigenvalue weighted by atomic mass is 19.1. The van der Waals surface area contributed by atoms with E-state index >= 15 is 0 Å². The van der Waals surface area contributed by atoms with Crippen LogP contribution in [-0.2, 0) is 12.1 Å². The van der Waals surface area contributed by atoms with Gasteiger partial charge in [-0.25, -0.2) is 4.39 Å². The van der Waals surface area contributed by atoms with E-state index in [0.717, 1.165) is 24.2 Å². The molecule has 0 N–H and O–H groups in total. The van der Waals surface area contributed by atoms with Crippen LogP contribution in [0.5, 0.6) is 0 Å². The topological polar surface area (TPSA) is 0 Å². The van der Waals surface area contributed by atoms with Gasteiger partial charge in [0.05, 0.1) is 0 Å². The zero-order valence-electron chi connectivity index (χ0n) is 18.9. The molecule has 4 atom stereocenters. The molecule has 0 spiro atoms. The van der Waals surface area contributed by atoms with Crippen LogP contribution < -0.4 is 0 Å². The first-order valence-corrected chi connectivity index (χ1v) is 11.5. The van der Waals surface area contributed by atoms with E-state index in [1.807, 2.05) is 12.1 Å². The molecule has 0 amide bonds. The second kappa shape index (κ2) is 9.02. The number of benzene rings is 1. The molecule has 1 heteroatoms. The van der Waals surface area contributed by atoms with Crippen molar-refractivity contribution in [3.8, 4) is 0 Å². The van der Waals surface area contributed by atoms with E-state index in [4.69, 9.17) is 0 Å². The van der Waals surface area contributed by atoms with Crippen molar-refractivity contribution in [2.75, 3.05) is 0 Å². The van der Waals surface area contributed by atoms with Crippen molar-refractivity contribution in [1.82, 2.24) is 0 Å². The Morgan fingerprint density at radius 3 is 2.62 bits per heavy atom. The summed E-state index contributed by atoms with van der Waals surface area (Å²) < 4.78 is 14.4. The molecule has 0 aromatic heterocycles. The van der Waals surface area contributed by atoms with Gasteiger partial charge in [-0.05, 0) is 91.7 Å². The van der Waals surface area contributed by atoms with Crippen molar-refractivity contribution in [3.05, 3.63) is 71.8 Å². The van der Waals surface area contributed by atoms with Crippen LogP contribution in [0.15, 0.2) is 60.7 Å². The Kier molecular flexibility index (Phi) is 6.87. The van der Waals surface area contributed by atoms with Crippen molar-refractivity contribution in [2.24, 2.45) is 23.2 Å². The minimum absolute atomic E-state index is 0.353. The zero-order chi connectivity index (χ0) is 21.1. The Labute approximate surface area is 178 Å². The first kappa shape index (κ1) is 22.1. The molecule has 4 unspecified atom stereocenters. The maximum Gasteiger partial charge on any atom is 0.151 e. The van der Waals surface area contributed by atoms with E-state index in [9.17, 15) is 4.39 Å². The molecule has 0 saturated carbocycles. The Balaban J connectivity index is 1.61. The molecule has 0 saturated heterocycles. The van der Waals surface area contributed by atoms with Crippen molar-refractivity contribution < 1.29 is 4.39 Å². The average Bonchev–Trinajstić information content (AvgIpc) is 2.86. The fourth-order valence-corrected chi connectivity index (χ4v) is 5.28. The van der Waals surface area contributed by atoms with Gasteiger partial charge < -0.3 is 0 Å². The second-order valence-corrected chi connectivity index (χ2v) is 10.2. The third-order valence-electron chi connectivity index (χ3n) is 7.52. The van der Waals surface area contributed by atoms with Gasteiger partial charge in [-0.3, -0.25) is 0 Å². The van der Waals surface area contributed by atoms with E-state index in [-0.39, 0.29) is 0 Å². The predicted molar refractivity (Wildman–Crippen MR) is 124 cm³/mol. The number of fused-ring (bicyclic) bond motifs is 1. The second-order valence-electron chi connectivity index (χ2n) is 10.2. The normalized spacial score (nSPS) is 29.0. The quantitative estimate of drug-likeness (QED) is 0.408. The smallest absolute Gasteiger partial charge is 0.151 e. The number of alkyl halides is 1. The lowest BCUT2D eigenvalue weighted by atomic mass is 9.63. The monoisotopic (exact) mass is 394 g/mol. The molecule has 0 heterocycles. The van der Waals surface area contributed by atoms with Gasteiger partial charge in [0.1, 0.15) is 0 Å². The molecule has 3 rings (SSSR count). The summed E-state index contributed by atoms with van der Waals surface area (Å²) >= 11 is 0. The Bertz CT molecular complexity index is 749.